The van der Waals surface area contributed by atoms with Crippen molar-refractivity contribution in [3.8, 4) is 17.0 Å². The third-order valence-electron chi connectivity index (χ3n) is 4.89. The number of nitrogens with zero attached hydrogens (tertiary/aromatic N) is 3. The van der Waals surface area contributed by atoms with Crippen LogP contribution in [0, 0.1) is 6.07 Å². The first-order chi connectivity index (χ1) is 14.8. The van der Waals surface area contributed by atoms with Gasteiger partial charge in [-0.2, -0.15) is 0 Å². The number of benzene rings is 3. The van der Waals surface area contributed by atoms with Crippen LogP contribution in [0.15, 0.2) is 103 Å². The zero-order valence-corrected chi connectivity index (χ0v) is 18.7. The predicted molar refractivity (Wildman–Crippen MR) is 120 cm³/mol. The third-order valence-corrected chi connectivity index (χ3v) is 4.89. The van der Waals surface area contributed by atoms with E-state index in [0.29, 0.717) is 11.3 Å². The molecule has 5 aromatic rings. The molecule has 5 rings (SSSR count). The van der Waals surface area contributed by atoms with Crippen molar-refractivity contribution in [1.82, 2.24) is 9.97 Å². The van der Waals surface area contributed by atoms with Crippen LogP contribution in [0.4, 0.5) is 17.2 Å². The average Bonchev–Trinajstić information content (AvgIpc) is 2.81. The van der Waals surface area contributed by atoms with E-state index in [2.05, 4.69) is 11.1 Å². The molecule has 3 aromatic carbocycles. The van der Waals surface area contributed by atoms with Gasteiger partial charge >= 0.3 is 0 Å². The molecule has 0 bridgehead atoms. The van der Waals surface area contributed by atoms with Crippen molar-refractivity contribution in [3.05, 3.63) is 109 Å². The SMILES string of the molecule is Oc1cccc2ccc(N(c3[c-]c(-c4ccccn4)ccc3)c3ccccc3)nc12.[Pt]. The summed E-state index contributed by atoms with van der Waals surface area (Å²) in [5, 5.41) is 11.2. The minimum atomic E-state index is 0. The second-order valence-corrected chi connectivity index (χ2v) is 6.85. The molecule has 0 amide bonds. The van der Waals surface area contributed by atoms with Crippen LogP contribution in [0.1, 0.15) is 0 Å². The molecule has 0 fully saturated rings. The van der Waals surface area contributed by atoms with Gasteiger partial charge in [0.15, 0.2) is 0 Å². The number of anilines is 3. The van der Waals surface area contributed by atoms with Gasteiger partial charge < -0.3 is 15.0 Å². The molecule has 0 aliphatic carbocycles. The first-order valence-corrected chi connectivity index (χ1v) is 9.67. The molecule has 0 radical (unpaired) electrons. The number of phenols is 1. The fourth-order valence-corrected chi connectivity index (χ4v) is 3.48. The van der Waals surface area contributed by atoms with Crippen molar-refractivity contribution >= 4 is 28.1 Å². The standard InChI is InChI=1S/C26H18N3O.Pt/c30-24-14-7-8-19-15-16-25(28-26(19)24)29(21-10-2-1-3-11-21)22-12-6-9-20(18-22)23-13-4-5-17-27-23;/h1-17,30H;/q-1;. The smallest absolute Gasteiger partial charge is 0.141 e. The quantitative estimate of drug-likeness (QED) is 0.254. The molecule has 154 valence electrons. The van der Waals surface area contributed by atoms with Crippen molar-refractivity contribution in [3.63, 3.8) is 0 Å². The molecule has 0 saturated heterocycles. The van der Waals surface area contributed by atoms with Crippen molar-refractivity contribution in [2.75, 3.05) is 4.90 Å². The van der Waals surface area contributed by atoms with Crippen LogP contribution >= 0.6 is 0 Å². The van der Waals surface area contributed by atoms with Gasteiger partial charge in [0.2, 0.25) is 0 Å². The Kier molecular flexibility index (Phi) is 6.10. The van der Waals surface area contributed by atoms with Gasteiger partial charge in [0.25, 0.3) is 0 Å². The maximum Gasteiger partial charge on any atom is 0.141 e. The topological polar surface area (TPSA) is 49.2 Å². The summed E-state index contributed by atoms with van der Waals surface area (Å²) in [5.74, 6) is 0.859. The second kappa shape index (κ2) is 9.11. The van der Waals surface area contributed by atoms with Crippen molar-refractivity contribution in [2.45, 2.75) is 0 Å². The van der Waals surface area contributed by atoms with E-state index in [-0.39, 0.29) is 26.8 Å². The van der Waals surface area contributed by atoms with Crippen LogP contribution in [0.2, 0.25) is 0 Å². The molecule has 1 N–H and O–H groups in total. The van der Waals surface area contributed by atoms with Crippen LogP contribution in [0.5, 0.6) is 5.75 Å². The summed E-state index contributed by atoms with van der Waals surface area (Å²) < 4.78 is 0. The van der Waals surface area contributed by atoms with E-state index < -0.39 is 0 Å². The first-order valence-electron chi connectivity index (χ1n) is 9.67. The minimum Gasteiger partial charge on any atom is -0.506 e. The normalized spacial score (nSPS) is 10.5. The summed E-state index contributed by atoms with van der Waals surface area (Å²) in [4.78, 5) is 11.2. The molecule has 0 atom stereocenters. The van der Waals surface area contributed by atoms with Gasteiger partial charge in [0.1, 0.15) is 17.1 Å². The zero-order valence-electron chi connectivity index (χ0n) is 16.4. The zero-order chi connectivity index (χ0) is 20.3. The van der Waals surface area contributed by atoms with Crippen molar-refractivity contribution in [1.29, 1.82) is 0 Å². The van der Waals surface area contributed by atoms with E-state index in [1.165, 1.54) is 0 Å². The van der Waals surface area contributed by atoms with Crippen LogP contribution in [-0.2, 0) is 21.1 Å². The minimum absolute atomic E-state index is 0. The monoisotopic (exact) mass is 583 g/mol. The van der Waals surface area contributed by atoms with Gasteiger partial charge in [-0.1, -0.05) is 42.5 Å². The summed E-state index contributed by atoms with van der Waals surface area (Å²) in [6.07, 6.45) is 1.78. The Morgan fingerprint density at radius 3 is 2.35 bits per heavy atom. The van der Waals surface area contributed by atoms with Gasteiger partial charge in [-0.05, 0) is 47.8 Å². The number of phenolic OH excluding ortho intramolecular Hbond substituents is 1. The molecule has 31 heavy (non-hydrogen) atoms. The van der Waals surface area contributed by atoms with Gasteiger partial charge in [0, 0.05) is 38.3 Å². The Bertz CT molecular complexity index is 1310. The van der Waals surface area contributed by atoms with Gasteiger partial charge in [0.05, 0.1) is 0 Å². The predicted octanol–water partition coefficient (Wildman–Crippen LogP) is 6.27. The van der Waals surface area contributed by atoms with Crippen LogP contribution in [0.25, 0.3) is 22.2 Å². The summed E-state index contributed by atoms with van der Waals surface area (Å²) in [5.41, 5.74) is 4.12. The summed E-state index contributed by atoms with van der Waals surface area (Å²) in [6.45, 7) is 0. The summed E-state index contributed by atoms with van der Waals surface area (Å²) >= 11 is 0. The molecule has 0 unspecified atom stereocenters. The number of pyridine rings is 2. The first kappa shape index (κ1) is 20.8. The van der Waals surface area contributed by atoms with Crippen molar-refractivity contribution in [2.24, 2.45) is 0 Å². The molecule has 4 nitrogen and oxygen atoms in total. The molecule has 5 heteroatoms. The Morgan fingerprint density at radius 2 is 1.55 bits per heavy atom. The molecule has 0 spiro atoms. The molecule has 2 aromatic heterocycles. The fourth-order valence-electron chi connectivity index (χ4n) is 3.48. The van der Waals surface area contributed by atoms with E-state index in [9.17, 15) is 5.11 Å². The Balaban J connectivity index is 0.00000231. The van der Waals surface area contributed by atoms with Gasteiger partial charge in [-0.25, -0.2) is 4.98 Å². The second-order valence-electron chi connectivity index (χ2n) is 6.85. The van der Waals surface area contributed by atoms with Crippen LogP contribution in [0.3, 0.4) is 0 Å². The van der Waals surface area contributed by atoms with E-state index in [4.69, 9.17) is 4.98 Å². The van der Waals surface area contributed by atoms with E-state index in [0.717, 1.165) is 28.0 Å². The number of para-hydroxylation sites is 2. The number of aromatic nitrogens is 2. The number of aromatic hydroxyl groups is 1. The molecular weight excluding hydrogens is 565 g/mol. The van der Waals surface area contributed by atoms with Crippen LogP contribution < -0.4 is 4.90 Å². The molecular formula is C26H18N3OPt-. The molecule has 0 saturated carbocycles. The van der Waals surface area contributed by atoms with Gasteiger partial charge in [-0.3, -0.25) is 0 Å². The fraction of sp³-hybridized carbons (Fsp3) is 0. The average molecular weight is 584 g/mol. The summed E-state index contributed by atoms with van der Waals surface area (Å²) in [7, 11) is 0. The van der Waals surface area contributed by atoms with Gasteiger partial charge in [-0.15, -0.1) is 29.8 Å². The maximum absolute atomic E-state index is 10.3. The van der Waals surface area contributed by atoms with E-state index >= 15 is 0 Å². The molecule has 2 heterocycles. The number of hydrogen-bond acceptors (Lipinski definition) is 4. The van der Waals surface area contributed by atoms with Crippen LogP contribution in [-0.4, -0.2) is 15.1 Å². The molecule has 0 aliphatic heterocycles. The summed E-state index contributed by atoms with van der Waals surface area (Å²) in [6, 6.07) is 34.6. The number of fused-ring (bicyclic) bond motifs is 1. The van der Waals surface area contributed by atoms with Crippen molar-refractivity contribution < 1.29 is 26.2 Å². The number of hydrogen-bond donors (Lipinski definition) is 1. The Labute approximate surface area is 195 Å². The van der Waals surface area contributed by atoms with E-state index in [1.54, 1.807) is 12.3 Å². The molecule has 0 aliphatic rings. The number of rotatable bonds is 4. The third kappa shape index (κ3) is 4.21. The maximum atomic E-state index is 10.3. The Hall–Kier alpha value is -3.49. The Morgan fingerprint density at radius 1 is 0.742 bits per heavy atom. The largest absolute Gasteiger partial charge is 0.506 e. The van der Waals surface area contributed by atoms with E-state index in [1.807, 2.05) is 95.9 Å².